The minimum atomic E-state index is -0.837. The van der Waals surface area contributed by atoms with Gasteiger partial charge in [-0.25, -0.2) is 4.98 Å². The number of fused-ring (bicyclic) bond motifs is 2. The summed E-state index contributed by atoms with van der Waals surface area (Å²) in [6.07, 6.45) is 3.79. The summed E-state index contributed by atoms with van der Waals surface area (Å²) in [5.41, 5.74) is 6.78. The van der Waals surface area contributed by atoms with Crippen LogP contribution in [0.1, 0.15) is 77.6 Å². The predicted octanol–water partition coefficient (Wildman–Crippen LogP) is 5.53. The van der Waals surface area contributed by atoms with Crippen LogP contribution in [0, 0.1) is 18.3 Å². The Balaban J connectivity index is 1.52. The summed E-state index contributed by atoms with van der Waals surface area (Å²) in [6, 6.07) is 18.4. The fourth-order valence-corrected chi connectivity index (χ4v) is 5.83. The van der Waals surface area contributed by atoms with Crippen molar-refractivity contribution in [3.05, 3.63) is 93.7 Å². The number of hydrogen-bond acceptors (Lipinski definition) is 5. The number of carboxylic acids is 1. The zero-order valence-corrected chi connectivity index (χ0v) is 21.0. The molecule has 2 aromatic carbocycles. The van der Waals surface area contributed by atoms with Crippen LogP contribution in [0.3, 0.4) is 0 Å². The van der Waals surface area contributed by atoms with Gasteiger partial charge in [0.25, 0.3) is 0 Å². The number of benzene rings is 2. The summed E-state index contributed by atoms with van der Waals surface area (Å²) < 4.78 is 6.28. The lowest BCUT2D eigenvalue weighted by Crippen LogP contribution is -2.41. The van der Waals surface area contributed by atoms with Gasteiger partial charge in [0.1, 0.15) is 5.60 Å². The number of rotatable bonds is 5. The summed E-state index contributed by atoms with van der Waals surface area (Å²) in [6.45, 7) is 7.68. The zero-order chi connectivity index (χ0) is 25.4. The number of aromatic nitrogens is 1. The van der Waals surface area contributed by atoms with E-state index in [2.05, 4.69) is 54.1 Å². The van der Waals surface area contributed by atoms with Crippen LogP contribution in [-0.4, -0.2) is 33.1 Å². The minimum Gasteiger partial charge on any atom is -0.481 e. The van der Waals surface area contributed by atoms with Crippen molar-refractivity contribution in [3.63, 3.8) is 0 Å². The van der Waals surface area contributed by atoms with Gasteiger partial charge in [0, 0.05) is 36.8 Å². The molecule has 2 atom stereocenters. The van der Waals surface area contributed by atoms with Crippen LogP contribution < -0.4 is 4.74 Å². The Morgan fingerprint density at radius 1 is 1.25 bits per heavy atom. The third kappa shape index (κ3) is 4.72. The fourth-order valence-electron chi connectivity index (χ4n) is 5.83. The first-order valence-electron chi connectivity index (χ1n) is 12.5. The van der Waals surface area contributed by atoms with E-state index >= 15 is 0 Å². The molecule has 6 nitrogen and oxygen atoms in total. The van der Waals surface area contributed by atoms with Crippen molar-refractivity contribution < 1.29 is 14.6 Å². The largest absolute Gasteiger partial charge is 0.481 e. The van der Waals surface area contributed by atoms with E-state index in [4.69, 9.17) is 4.74 Å². The van der Waals surface area contributed by atoms with Crippen LogP contribution in [0.25, 0.3) is 0 Å². The van der Waals surface area contributed by atoms with Crippen molar-refractivity contribution in [2.24, 2.45) is 0 Å². The monoisotopic (exact) mass is 481 g/mol. The van der Waals surface area contributed by atoms with Crippen molar-refractivity contribution in [2.45, 2.75) is 64.1 Å². The Bertz CT molecular complexity index is 1360. The van der Waals surface area contributed by atoms with Crippen molar-refractivity contribution in [1.82, 2.24) is 9.88 Å². The van der Waals surface area contributed by atoms with E-state index in [-0.39, 0.29) is 24.0 Å². The Hall–Kier alpha value is -3.69. The van der Waals surface area contributed by atoms with Crippen molar-refractivity contribution >= 4 is 5.97 Å². The molecule has 0 saturated carbocycles. The molecule has 6 heteroatoms. The minimum absolute atomic E-state index is 0.000175. The average Bonchev–Trinajstić information content (AvgIpc) is 3.20. The number of pyridine rings is 1. The summed E-state index contributed by atoms with van der Waals surface area (Å²) in [7, 11) is 0. The second-order valence-electron chi connectivity index (χ2n) is 10.6. The topological polar surface area (TPSA) is 86.5 Å². The van der Waals surface area contributed by atoms with E-state index < -0.39 is 5.97 Å². The maximum atomic E-state index is 11.9. The molecule has 184 valence electrons. The smallest absolute Gasteiger partial charge is 0.304 e. The molecule has 1 N–H and O–H groups in total. The van der Waals surface area contributed by atoms with Crippen LogP contribution >= 0.6 is 0 Å². The number of carbonyl (C=O) groups is 1. The van der Waals surface area contributed by atoms with Crippen molar-refractivity contribution in [2.75, 3.05) is 6.54 Å². The number of nitrogens with zero attached hydrogens (tertiary/aromatic N) is 3. The molecule has 1 aliphatic carbocycles. The van der Waals surface area contributed by atoms with Gasteiger partial charge in [0.2, 0.25) is 5.88 Å². The van der Waals surface area contributed by atoms with Crippen molar-refractivity contribution in [1.29, 1.82) is 5.26 Å². The SMILES string of the molecule is Cc1cc(C#N)ccc1C(CC(=O)O)c1ccc2c(c1)C(N1Cc3cccnc3OC(C)(C)C1)CC2. The van der Waals surface area contributed by atoms with Crippen molar-refractivity contribution in [3.8, 4) is 11.9 Å². The van der Waals surface area contributed by atoms with Gasteiger partial charge in [-0.2, -0.15) is 5.26 Å². The number of hydrogen-bond donors (Lipinski definition) is 1. The molecule has 1 aliphatic heterocycles. The van der Waals surface area contributed by atoms with E-state index in [1.807, 2.05) is 25.1 Å². The summed E-state index contributed by atoms with van der Waals surface area (Å²) in [5, 5.41) is 19.0. The van der Waals surface area contributed by atoms with Crippen LogP contribution in [0.2, 0.25) is 0 Å². The highest BCUT2D eigenvalue weighted by molar-refractivity contribution is 5.69. The first kappa shape index (κ1) is 24.0. The van der Waals surface area contributed by atoms with Crippen LogP contribution in [-0.2, 0) is 17.8 Å². The van der Waals surface area contributed by atoms with Gasteiger partial charge in [0.05, 0.1) is 18.1 Å². The highest BCUT2D eigenvalue weighted by Gasteiger charge is 2.36. The molecule has 2 heterocycles. The molecule has 5 rings (SSSR count). The van der Waals surface area contributed by atoms with Crippen LogP contribution in [0.15, 0.2) is 54.7 Å². The number of carboxylic acid groups (broad SMARTS) is 1. The molecule has 0 amide bonds. The number of aliphatic carboxylic acids is 1. The van der Waals surface area contributed by atoms with E-state index in [9.17, 15) is 15.2 Å². The lowest BCUT2D eigenvalue weighted by atomic mass is 9.84. The molecule has 0 spiro atoms. The Labute approximate surface area is 212 Å². The maximum absolute atomic E-state index is 11.9. The number of aryl methyl sites for hydroxylation is 2. The molecule has 2 aliphatic rings. The van der Waals surface area contributed by atoms with Gasteiger partial charge in [0.15, 0.2) is 0 Å². The molecular weight excluding hydrogens is 450 g/mol. The standard InChI is InChI=1S/C30H31N3O3/c1-19-13-20(16-31)6-10-24(19)25(15-28(34)35)22-8-7-21-9-11-27(26(21)14-22)33-17-23-5-4-12-32-29(23)36-30(2,3)18-33/h4-8,10,12-14,25,27H,9,11,15,17-18H2,1-3H3,(H,34,35). The molecule has 3 aromatic rings. The van der Waals surface area contributed by atoms with Crippen LogP contribution in [0.4, 0.5) is 0 Å². The van der Waals surface area contributed by atoms with E-state index in [0.29, 0.717) is 11.4 Å². The normalized spacial score (nSPS) is 19.3. The summed E-state index contributed by atoms with van der Waals surface area (Å²) in [4.78, 5) is 18.8. The first-order chi connectivity index (χ1) is 17.2. The highest BCUT2D eigenvalue weighted by Crippen LogP contribution is 2.42. The summed E-state index contributed by atoms with van der Waals surface area (Å²) in [5.74, 6) is -0.415. The van der Waals surface area contributed by atoms with Gasteiger partial charge in [-0.15, -0.1) is 0 Å². The lowest BCUT2D eigenvalue weighted by molar-refractivity contribution is -0.137. The predicted molar refractivity (Wildman–Crippen MR) is 137 cm³/mol. The maximum Gasteiger partial charge on any atom is 0.304 e. The van der Waals surface area contributed by atoms with Gasteiger partial charge in [-0.05, 0) is 79.6 Å². The van der Waals surface area contributed by atoms with Crippen LogP contribution in [0.5, 0.6) is 5.88 Å². The highest BCUT2D eigenvalue weighted by atomic mass is 16.5. The fraction of sp³-hybridized carbons (Fsp3) is 0.367. The second kappa shape index (κ2) is 9.40. The third-order valence-electron chi connectivity index (χ3n) is 7.39. The molecule has 2 unspecified atom stereocenters. The Morgan fingerprint density at radius 3 is 2.83 bits per heavy atom. The van der Waals surface area contributed by atoms with E-state index in [0.717, 1.165) is 48.2 Å². The van der Waals surface area contributed by atoms with Gasteiger partial charge >= 0.3 is 5.97 Å². The van der Waals surface area contributed by atoms with E-state index in [1.54, 1.807) is 12.3 Å². The molecule has 36 heavy (non-hydrogen) atoms. The second-order valence-corrected chi connectivity index (χ2v) is 10.6. The Morgan fingerprint density at radius 2 is 2.08 bits per heavy atom. The van der Waals surface area contributed by atoms with E-state index in [1.165, 1.54) is 11.1 Å². The third-order valence-corrected chi connectivity index (χ3v) is 7.39. The molecule has 1 aromatic heterocycles. The number of ether oxygens (including phenoxy) is 1. The first-order valence-corrected chi connectivity index (χ1v) is 12.5. The van der Waals surface area contributed by atoms with Gasteiger partial charge < -0.3 is 9.84 Å². The molecule has 0 bridgehead atoms. The Kier molecular flexibility index (Phi) is 6.27. The quantitative estimate of drug-likeness (QED) is 0.516. The average molecular weight is 482 g/mol. The zero-order valence-electron chi connectivity index (χ0n) is 21.0. The molecular formula is C30H31N3O3. The molecule has 0 fully saturated rings. The lowest BCUT2D eigenvalue weighted by Gasteiger charge is -2.34. The summed E-state index contributed by atoms with van der Waals surface area (Å²) >= 11 is 0. The van der Waals surface area contributed by atoms with Gasteiger partial charge in [-0.1, -0.05) is 30.3 Å². The molecule has 0 saturated heterocycles. The molecule has 0 radical (unpaired) electrons. The number of nitriles is 1. The van der Waals surface area contributed by atoms with Gasteiger partial charge in [-0.3, -0.25) is 9.69 Å².